The highest BCUT2D eigenvalue weighted by molar-refractivity contribution is 5.98. The van der Waals surface area contributed by atoms with Gasteiger partial charge >= 0.3 is 0 Å². The Labute approximate surface area is 89.7 Å². The Balaban J connectivity index is 2.46. The van der Waals surface area contributed by atoms with E-state index in [9.17, 15) is 9.90 Å². The fourth-order valence-electron chi connectivity index (χ4n) is 1.16. The average Bonchev–Trinajstić information content (AvgIpc) is 2.29. The molecule has 15 heavy (non-hydrogen) atoms. The van der Waals surface area contributed by atoms with E-state index < -0.39 is 6.29 Å². The molecule has 1 atom stereocenters. The largest absolute Gasteiger partial charge is 0.362 e. The molecule has 0 bridgehead atoms. The summed E-state index contributed by atoms with van der Waals surface area (Å²) in [5.74, 6) is -0.383. The van der Waals surface area contributed by atoms with Crippen molar-refractivity contribution >= 4 is 5.78 Å². The van der Waals surface area contributed by atoms with Crippen LogP contribution in [0.15, 0.2) is 30.3 Å². The number of ketones is 1. The Hall–Kier alpha value is -1.19. The Morgan fingerprint density at radius 3 is 2.67 bits per heavy atom. The molecule has 0 spiro atoms. The van der Waals surface area contributed by atoms with Crippen molar-refractivity contribution in [2.75, 3.05) is 6.61 Å². The summed E-state index contributed by atoms with van der Waals surface area (Å²) >= 11 is 0. The summed E-state index contributed by atoms with van der Waals surface area (Å²) in [7, 11) is 0. The minimum atomic E-state index is -1.33. The first-order valence-corrected chi connectivity index (χ1v) is 5.14. The zero-order valence-electron chi connectivity index (χ0n) is 8.85. The van der Waals surface area contributed by atoms with Gasteiger partial charge in [-0.15, -0.1) is 0 Å². The molecule has 1 rings (SSSR count). The highest BCUT2D eigenvalue weighted by Crippen LogP contribution is 2.05. The van der Waals surface area contributed by atoms with E-state index in [0.717, 1.165) is 12.8 Å². The van der Waals surface area contributed by atoms with E-state index in [4.69, 9.17) is 4.74 Å². The first-order chi connectivity index (χ1) is 7.25. The van der Waals surface area contributed by atoms with Gasteiger partial charge in [0.25, 0.3) is 0 Å². The lowest BCUT2D eigenvalue weighted by Gasteiger charge is -2.10. The van der Waals surface area contributed by atoms with Crippen molar-refractivity contribution in [3.63, 3.8) is 0 Å². The second-order valence-electron chi connectivity index (χ2n) is 3.31. The van der Waals surface area contributed by atoms with E-state index in [0.29, 0.717) is 12.2 Å². The van der Waals surface area contributed by atoms with Crippen LogP contribution in [0.2, 0.25) is 0 Å². The van der Waals surface area contributed by atoms with E-state index >= 15 is 0 Å². The molecule has 3 nitrogen and oxygen atoms in total. The predicted octanol–water partition coefficient (Wildman–Crippen LogP) is 2.00. The van der Waals surface area contributed by atoms with Crippen LogP contribution >= 0.6 is 0 Å². The van der Waals surface area contributed by atoms with E-state index in [1.54, 1.807) is 24.3 Å². The van der Waals surface area contributed by atoms with Gasteiger partial charge in [0.2, 0.25) is 12.1 Å². The minimum Gasteiger partial charge on any atom is -0.362 e. The number of aliphatic hydroxyl groups excluding tert-OH is 1. The van der Waals surface area contributed by atoms with Gasteiger partial charge in [-0.1, -0.05) is 43.7 Å². The Kier molecular flexibility index (Phi) is 5.01. The number of hydrogen-bond acceptors (Lipinski definition) is 3. The van der Waals surface area contributed by atoms with Crippen molar-refractivity contribution in [2.24, 2.45) is 0 Å². The third-order valence-electron chi connectivity index (χ3n) is 2.06. The van der Waals surface area contributed by atoms with Gasteiger partial charge in [-0.3, -0.25) is 4.79 Å². The quantitative estimate of drug-likeness (QED) is 0.442. The number of aliphatic hydroxyl groups is 1. The number of unbranched alkanes of at least 4 members (excludes halogenated alkanes) is 1. The molecule has 0 amide bonds. The van der Waals surface area contributed by atoms with Crippen molar-refractivity contribution in [1.82, 2.24) is 0 Å². The van der Waals surface area contributed by atoms with Crippen LogP contribution in [0.1, 0.15) is 30.1 Å². The Morgan fingerprint density at radius 1 is 1.40 bits per heavy atom. The molecule has 1 aromatic rings. The SMILES string of the molecule is CCCCOC(O)C(=O)c1ccccc1. The summed E-state index contributed by atoms with van der Waals surface area (Å²) < 4.78 is 5.00. The maximum Gasteiger partial charge on any atom is 0.220 e. The van der Waals surface area contributed by atoms with Gasteiger partial charge in [0, 0.05) is 5.56 Å². The molecule has 1 aromatic carbocycles. The molecule has 0 aliphatic rings. The van der Waals surface area contributed by atoms with Crippen molar-refractivity contribution < 1.29 is 14.6 Å². The number of ether oxygens (including phenoxy) is 1. The summed E-state index contributed by atoms with van der Waals surface area (Å²) in [6, 6.07) is 8.66. The van der Waals surface area contributed by atoms with Crippen LogP contribution in [0.4, 0.5) is 0 Å². The fourth-order valence-corrected chi connectivity index (χ4v) is 1.16. The number of Topliss-reactive ketones (excluding diaryl/α,β-unsaturated/α-hetero) is 1. The summed E-state index contributed by atoms with van der Waals surface area (Å²) in [5, 5.41) is 9.43. The molecule has 0 fully saturated rings. The highest BCUT2D eigenvalue weighted by Gasteiger charge is 2.16. The van der Waals surface area contributed by atoms with Crippen molar-refractivity contribution in [3.05, 3.63) is 35.9 Å². The van der Waals surface area contributed by atoms with Crippen LogP contribution in [0.5, 0.6) is 0 Å². The van der Waals surface area contributed by atoms with Gasteiger partial charge in [0.05, 0.1) is 6.61 Å². The zero-order chi connectivity index (χ0) is 11.1. The summed E-state index contributed by atoms with van der Waals surface area (Å²) in [5.41, 5.74) is 0.474. The number of hydrogen-bond donors (Lipinski definition) is 1. The van der Waals surface area contributed by atoms with Crippen molar-refractivity contribution in [2.45, 2.75) is 26.1 Å². The molecule has 0 saturated carbocycles. The number of benzene rings is 1. The molecule has 0 heterocycles. The van der Waals surface area contributed by atoms with Gasteiger partial charge in [0.15, 0.2) is 0 Å². The van der Waals surface area contributed by atoms with Crippen LogP contribution in [-0.4, -0.2) is 23.8 Å². The predicted molar refractivity (Wildman–Crippen MR) is 57.6 cm³/mol. The van der Waals surface area contributed by atoms with Gasteiger partial charge in [0.1, 0.15) is 0 Å². The van der Waals surface area contributed by atoms with E-state index in [1.165, 1.54) is 0 Å². The normalized spacial score (nSPS) is 12.4. The molecule has 1 N–H and O–H groups in total. The Bertz CT molecular complexity index is 295. The van der Waals surface area contributed by atoms with Gasteiger partial charge < -0.3 is 9.84 Å². The second kappa shape index (κ2) is 6.32. The Morgan fingerprint density at radius 2 is 2.07 bits per heavy atom. The number of rotatable bonds is 6. The average molecular weight is 208 g/mol. The van der Waals surface area contributed by atoms with E-state index in [-0.39, 0.29) is 5.78 Å². The third kappa shape index (κ3) is 3.81. The molecule has 0 aromatic heterocycles. The molecule has 3 heteroatoms. The van der Waals surface area contributed by atoms with E-state index in [2.05, 4.69) is 0 Å². The molecule has 0 aliphatic carbocycles. The fraction of sp³-hybridized carbons (Fsp3) is 0.417. The molecule has 82 valence electrons. The van der Waals surface area contributed by atoms with E-state index in [1.807, 2.05) is 13.0 Å². The van der Waals surface area contributed by atoms with Gasteiger partial charge in [-0.2, -0.15) is 0 Å². The minimum absolute atomic E-state index is 0.383. The molecule has 0 saturated heterocycles. The summed E-state index contributed by atoms with van der Waals surface area (Å²) in [4.78, 5) is 11.6. The first kappa shape index (κ1) is 11.9. The summed E-state index contributed by atoms with van der Waals surface area (Å²) in [6.07, 6.45) is 0.490. The van der Waals surface area contributed by atoms with Crippen LogP contribution in [0.25, 0.3) is 0 Å². The molecule has 0 radical (unpaired) electrons. The smallest absolute Gasteiger partial charge is 0.220 e. The first-order valence-electron chi connectivity index (χ1n) is 5.14. The second-order valence-corrected chi connectivity index (χ2v) is 3.31. The number of carbonyl (C=O) groups is 1. The van der Waals surface area contributed by atoms with Crippen molar-refractivity contribution in [1.29, 1.82) is 0 Å². The van der Waals surface area contributed by atoms with Crippen LogP contribution in [-0.2, 0) is 4.74 Å². The maximum absolute atomic E-state index is 11.6. The van der Waals surface area contributed by atoms with Gasteiger partial charge in [-0.05, 0) is 6.42 Å². The zero-order valence-corrected chi connectivity index (χ0v) is 8.85. The lowest BCUT2D eigenvalue weighted by atomic mass is 10.1. The maximum atomic E-state index is 11.6. The topological polar surface area (TPSA) is 46.5 Å². The molecule has 1 unspecified atom stereocenters. The monoisotopic (exact) mass is 208 g/mol. The molecular formula is C12H16O3. The van der Waals surface area contributed by atoms with Crippen molar-refractivity contribution in [3.8, 4) is 0 Å². The molecule has 0 aliphatic heterocycles. The standard InChI is InChI=1S/C12H16O3/c1-2-3-9-15-12(14)11(13)10-7-5-4-6-8-10/h4-8,12,14H,2-3,9H2,1H3. The molecular weight excluding hydrogens is 192 g/mol. The lowest BCUT2D eigenvalue weighted by Crippen LogP contribution is -2.24. The van der Waals surface area contributed by atoms with Crippen LogP contribution in [0, 0.1) is 0 Å². The number of carbonyl (C=O) groups excluding carboxylic acids is 1. The summed E-state index contributed by atoms with van der Waals surface area (Å²) in [6.45, 7) is 2.44. The highest BCUT2D eigenvalue weighted by atomic mass is 16.6. The third-order valence-corrected chi connectivity index (χ3v) is 2.06. The van der Waals surface area contributed by atoms with Gasteiger partial charge in [-0.25, -0.2) is 0 Å². The lowest BCUT2D eigenvalue weighted by molar-refractivity contribution is -0.0726. The van der Waals surface area contributed by atoms with Crippen LogP contribution in [0.3, 0.4) is 0 Å². The van der Waals surface area contributed by atoms with Crippen LogP contribution < -0.4 is 0 Å².